The molecule has 19 heavy (non-hydrogen) atoms. The molecule has 0 unspecified atom stereocenters. The molecule has 2 heterocycles. The number of aromatic nitrogens is 5. The number of carboxylic acids is 1. The normalized spacial score (nSPS) is 10.3. The second-order valence-corrected chi connectivity index (χ2v) is 3.78. The fraction of sp³-hybridized carbons (Fsp3) is 0.300. The van der Waals surface area contributed by atoms with E-state index in [4.69, 9.17) is 5.11 Å². The highest BCUT2D eigenvalue weighted by Gasteiger charge is 2.08. The number of carbonyl (C=O) groups is 2. The number of carboxylic acid groups (broad SMARTS) is 1. The molecule has 0 aliphatic carbocycles. The predicted octanol–water partition coefficient (Wildman–Crippen LogP) is -0.942. The Balaban J connectivity index is 1.73. The summed E-state index contributed by atoms with van der Waals surface area (Å²) in [5, 5.41) is 24.9. The lowest BCUT2D eigenvalue weighted by Crippen LogP contribution is -2.28. The minimum atomic E-state index is -1.13. The van der Waals surface area contributed by atoms with Crippen molar-refractivity contribution >= 4 is 11.9 Å². The van der Waals surface area contributed by atoms with E-state index in [1.54, 1.807) is 12.3 Å². The first-order valence-electron chi connectivity index (χ1n) is 5.53. The molecule has 0 spiro atoms. The van der Waals surface area contributed by atoms with Crippen molar-refractivity contribution in [1.29, 1.82) is 0 Å². The van der Waals surface area contributed by atoms with Crippen LogP contribution in [0, 0.1) is 0 Å². The van der Waals surface area contributed by atoms with Crippen molar-refractivity contribution < 1.29 is 14.7 Å². The van der Waals surface area contributed by atoms with Crippen molar-refractivity contribution in [3.8, 4) is 0 Å². The molecule has 0 aliphatic heterocycles. The third-order valence-corrected chi connectivity index (χ3v) is 2.33. The van der Waals surface area contributed by atoms with Gasteiger partial charge < -0.3 is 10.4 Å². The molecule has 9 heteroatoms. The molecule has 0 aromatic carbocycles. The van der Waals surface area contributed by atoms with E-state index < -0.39 is 5.97 Å². The minimum Gasteiger partial charge on any atom is -0.476 e. The summed E-state index contributed by atoms with van der Waals surface area (Å²) in [6, 6.07) is 1.72. The van der Waals surface area contributed by atoms with Crippen molar-refractivity contribution in [1.82, 2.24) is 30.5 Å². The smallest absolute Gasteiger partial charge is 0.358 e. The average molecular weight is 264 g/mol. The van der Waals surface area contributed by atoms with Crippen molar-refractivity contribution in [2.45, 2.75) is 13.0 Å². The summed E-state index contributed by atoms with van der Waals surface area (Å²) in [4.78, 5) is 22.1. The van der Waals surface area contributed by atoms with E-state index in [1.165, 1.54) is 10.9 Å². The number of aromatic carboxylic acids is 1. The lowest BCUT2D eigenvalue weighted by molar-refractivity contribution is -0.120. The minimum absolute atomic E-state index is 0.121. The van der Waals surface area contributed by atoms with Gasteiger partial charge in [-0.25, -0.2) is 9.48 Å². The van der Waals surface area contributed by atoms with Crippen LogP contribution in [0.1, 0.15) is 16.2 Å². The number of carbonyl (C=O) groups excluding carboxylic acids is 1. The molecule has 100 valence electrons. The zero-order valence-corrected chi connectivity index (χ0v) is 9.91. The van der Waals surface area contributed by atoms with Gasteiger partial charge in [-0.2, -0.15) is 5.10 Å². The number of hydrogen-bond donors (Lipinski definition) is 3. The lowest BCUT2D eigenvalue weighted by atomic mass is 10.3. The molecule has 9 nitrogen and oxygen atoms in total. The van der Waals surface area contributed by atoms with Crippen LogP contribution in [-0.2, 0) is 17.8 Å². The molecule has 0 atom stereocenters. The Bertz CT molecular complexity index is 562. The van der Waals surface area contributed by atoms with Crippen molar-refractivity contribution in [2.75, 3.05) is 6.54 Å². The van der Waals surface area contributed by atoms with Crippen LogP contribution >= 0.6 is 0 Å². The van der Waals surface area contributed by atoms with Crippen LogP contribution in [0.5, 0.6) is 0 Å². The Hall–Kier alpha value is -2.71. The number of H-pyrrole nitrogens is 1. The fourth-order valence-electron chi connectivity index (χ4n) is 1.43. The summed E-state index contributed by atoms with van der Waals surface area (Å²) in [7, 11) is 0. The van der Waals surface area contributed by atoms with Crippen LogP contribution in [0.25, 0.3) is 0 Å². The zero-order chi connectivity index (χ0) is 13.7. The van der Waals surface area contributed by atoms with E-state index in [9.17, 15) is 9.59 Å². The first-order chi connectivity index (χ1) is 9.15. The molecule has 0 radical (unpaired) electrons. The van der Waals surface area contributed by atoms with E-state index in [0.717, 1.165) is 5.69 Å². The van der Waals surface area contributed by atoms with Crippen LogP contribution in [0.3, 0.4) is 0 Å². The van der Waals surface area contributed by atoms with Gasteiger partial charge in [0.2, 0.25) is 5.91 Å². The zero-order valence-electron chi connectivity index (χ0n) is 9.91. The summed E-state index contributed by atoms with van der Waals surface area (Å²) in [6.07, 6.45) is 3.10. The van der Waals surface area contributed by atoms with Crippen LogP contribution in [0.4, 0.5) is 0 Å². The maximum atomic E-state index is 11.5. The van der Waals surface area contributed by atoms with Gasteiger partial charge in [-0.3, -0.25) is 9.89 Å². The molecule has 0 aliphatic rings. The van der Waals surface area contributed by atoms with Gasteiger partial charge in [-0.1, -0.05) is 5.21 Å². The lowest BCUT2D eigenvalue weighted by Gasteiger charge is -2.03. The molecule has 0 saturated heterocycles. The van der Waals surface area contributed by atoms with Gasteiger partial charge in [0.15, 0.2) is 5.69 Å². The van der Waals surface area contributed by atoms with Crippen LogP contribution in [0.15, 0.2) is 18.5 Å². The highest BCUT2D eigenvalue weighted by molar-refractivity contribution is 5.84. The molecular formula is C10H12N6O3. The van der Waals surface area contributed by atoms with Crippen molar-refractivity contribution in [2.24, 2.45) is 0 Å². The van der Waals surface area contributed by atoms with Crippen LogP contribution < -0.4 is 5.32 Å². The van der Waals surface area contributed by atoms with Crippen molar-refractivity contribution in [3.05, 3.63) is 29.8 Å². The second kappa shape index (κ2) is 5.76. The Morgan fingerprint density at radius 2 is 2.32 bits per heavy atom. The molecule has 1 amide bonds. The molecule has 0 fully saturated rings. The molecule has 3 N–H and O–H groups in total. The van der Waals surface area contributed by atoms with E-state index in [1.807, 2.05) is 0 Å². The average Bonchev–Trinajstić information content (AvgIpc) is 3.00. The fourth-order valence-corrected chi connectivity index (χ4v) is 1.43. The maximum absolute atomic E-state index is 11.5. The standard InChI is InChI=1S/C10H12N6O3/c17-9(5-7-1-2-12-13-7)11-3-4-16-6-8(10(18)19)14-15-16/h1-2,6H,3-5H2,(H,11,17)(H,12,13)(H,18,19). The summed E-state index contributed by atoms with van der Waals surface area (Å²) < 4.78 is 1.36. The van der Waals surface area contributed by atoms with E-state index in [-0.39, 0.29) is 18.0 Å². The molecule has 2 rings (SSSR count). The SMILES string of the molecule is O=C(Cc1ccn[nH]1)NCCn1cc(C(=O)O)nn1. The second-order valence-electron chi connectivity index (χ2n) is 3.78. The maximum Gasteiger partial charge on any atom is 0.358 e. The van der Waals surface area contributed by atoms with Crippen molar-refractivity contribution in [3.63, 3.8) is 0 Å². The first-order valence-corrected chi connectivity index (χ1v) is 5.53. The molecule has 2 aromatic heterocycles. The van der Waals surface area contributed by atoms with Gasteiger partial charge in [0.25, 0.3) is 0 Å². The summed E-state index contributed by atoms with van der Waals surface area (Å²) in [6.45, 7) is 0.699. The Labute approximate surface area is 107 Å². The number of hydrogen-bond acceptors (Lipinski definition) is 5. The molecule has 0 bridgehead atoms. The Morgan fingerprint density at radius 1 is 1.47 bits per heavy atom. The third kappa shape index (κ3) is 3.63. The highest BCUT2D eigenvalue weighted by atomic mass is 16.4. The monoisotopic (exact) mass is 264 g/mol. The first kappa shape index (κ1) is 12.7. The molecule has 0 saturated carbocycles. The number of amides is 1. The van der Waals surface area contributed by atoms with Crippen LogP contribution in [-0.4, -0.2) is 48.7 Å². The predicted molar refractivity (Wildman–Crippen MR) is 62.3 cm³/mol. The molecule has 2 aromatic rings. The van der Waals surface area contributed by atoms with E-state index in [0.29, 0.717) is 13.1 Å². The van der Waals surface area contributed by atoms with Gasteiger partial charge in [-0.15, -0.1) is 5.10 Å². The summed E-state index contributed by atoms with van der Waals surface area (Å²) in [5.74, 6) is -1.28. The number of nitrogens with zero attached hydrogens (tertiary/aromatic N) is 4. The number of rotatable bonds is 6. The summed E-state index contributed by atoms with van der Waals surface area (Å²) >= 11 is 0. The van der Waals surface area contributed by atoms with Gasteiger partial charge in [-0.05, 0) is 6.07 Å². The van der Waals surface area contributed by atoms with Gasteiger partial charge in [0, 0.05) is 18.4 Å². The number of nitrogens with one attached hydrogen (secondary N) is 2. The Kier molecular flexibility index (Phi) is 3.86. The van der Waals surface area contributed by atoms with Crippen LogP contribution in [0.2, 0.25) is 0 Å². The molecular weight excluding hydrogens is 252 g/mol. The topological polar surface area (TPSA) is 126 Å². The van der Waals surface area contributed by atoms with Gasteiger partial charge in [0.1, 0.15) is 0 Å². The number of aromatic amines is 1. The largest absolute Gasteiger partial charge is 0.476 e. The third-order valence-electron chi connectivity index (χ3n) is 2.33. The highest BCUT2D eigenvalue weighted by Crippen LogP contribution is 1.94. The van der Waals surface area contributed by atoms with E-state index >= 15 is 0 Å². The summed E-state index contributed by atoms with van der Waals surface area (Å²) in [5.41, 5.74) is 0.607. The Morgan fingerprint density at radius 3 is 2.95 bits per heavy atom. The van der Waals surface area contributed by atoms with Gasteiger partial charge in [0.05, 0.1) is 19.2 Å². The quantitative estimate of drug-likeness (QED) is 0.618. The van der Waals surface area contributed by atoms with Gasteiger partial charge >= 0.3 is 5.97 Å². The van der Waals surface area contributed by atoms with E-state index in [2.05, 4.69) is 25.8 Å².